The molecule has 1 unspecified atom stereocenters. The fourth-order valence-corrected chi connectivity index (χ4v) is 3.69. The molecule has 2 aromatic carbocycles. The van der Waals surface area contributed by atoms with Gasteiger partial charge in [-0.15, -0.1) is 10.2 Å². The van der Waals surface area contributed by atoms with E-state index in [1.165, 1.54) is 24.3 Å². The number of carbonyl (C=O) groups is 1. The van der Waals surface area contributed by atoms with E-state index in [9.17, 15) is 31.0 Å². The number of halogens is 5. The molecule has 0 spiro atoms. The van der Waals surface area contributed by atoms with Crippen LogP contribution in [0.4, 0.5) is 27.6 Å². The Morgan fingerprint density at radius 2 is 1.83 bits per heavy atom. The maximum absolute atomic E-state index is 14.6. The highest BCUT2D eigenvalue weighted by atomic mass is 32.2. The van der Waals surface area contributed by atoms with E-state index in [2.05, 4.69) is 20.3 Å². The quantitative estimate of drug-likeness (QED) is 0.437. The summed E-state index contributed by atoms with van der Waals surface area (Å²) in [5.74, 6) is -5.83. The van der Waals surface area contributed by atoms with Crippen LogP contribution in [0, 0.1) is 23.3 Å². The van der Waals surface area contributed by atoms with Crippen molar-refractivity contribution in [2.75, 3.05) is 18.7 Å². The van der Waals surface area contributed by atoms with Crippen LogP contribution in [0.15, 0.2) is 41.3 Å². The summed E-state index contributed by atoms with van der Waals surface area (Å²) in [6.07, 6.45) is -3.83. The molecule has 8 nitrogen and oxygen atoms in total. The van der Waals surface area contributed by atoms with Crippen LogP contribution in [0.2, 0.25) is 0 Å². The first kappa shape index (κ1) is 25.8. The van der Waals surface area contributed by atoms with Gasteiger partial charge in [-0.3, -0.25) is 4.79 Å². The minimum atomic E-state index is -4.98. The molecule has 1 heterocycles. The van der Waals surface area contributed by atoms with Gasteiger partial charge in [-0.05, 0) is 42.8 Å². The van der Waals surface area contributed by atoms with Crippen LogP contribution in [0.3, 0.4) is 0 Å². The fourth-order valence-electron chi connectivity index (χ4n) is 3.00. The largest absolute Gasteiger partial charge is 0.491 e. The molecule has 0 aliphatic rings. The van der Waals surface area contributed by atoms with Gasteiger partial charge in [0.1, 0.15) is 5.56 Å². The number of hydrogen-bond donors (Lipinski definition) is 2. The zero-order valence-electron chi connectivity index (χ0n) is 18.3. The van der Waals surface area contributed by atoms with Crippen molar-refractivity contribution < 1.29 is 40.4 Å². The van der Waals surface area contributed by atoms with E-state index >= 15 is 0 Å². The van der Waals surface area contributed by atoms with Crippen LogP contribution in [0.25, 0.3) is 0 Å². The average molecular weight is 516 g/mol. The predicted molar refractivity (Wildman–Crippen MR) is 114 cm³/mol. The number of nitrogens with one attached hydrogen (secondary N) is 2. The molecule has 0 bridgehead atoms. The highest BCUT2D eigenvalue weighted by Gasteiger charge is 2.38. The topological polar surface area (TPSA) is 114 Å². The molecular weight excluding hydrogens is 499 g/mol. The number of hydrogen-bond acceptors (Lipinski definition) is 7. The van der Waals surface area contributed by atoms with Gasteiger partial charge in [-0.2, -0.15) is 17.6 Å². The Morgan fingerprint density at radius 3 is 2.43 bits per heavy atom. The lowest BCUT2D eigenvalue weighted by atomic mass is 10.1. The van der Waals surface area contributed by atoms with Gasteiger partial charge < -0.3 is 14.8 Å². The van der Waals surface area contributed by atoms with E-state index in [0.717, 1.165) is 32.4 Å². The maximum Gasteiger partial charge on any atom is 0.435 e. The highest BCUT2D eigenvalue weighted by Crippen LogP contribution is 2.37. The molecule has 186 valence electrons. The van der Waals surface area contributed by atoms with Crippen LogP contribution < -0.4 is 14.8 Å². The average Bonchev–Trinajstić information content (AvgIpc) is 2.75. The lowest BCUT2D eigenvalue weighted by Crippen LogP contribution is -2.21. The minimum Gasteiger partial charge on any atom is -0.491 e. The highest BCUT2D eigenvalue weighted by molar-refractivity contribution is 7.91. The summed E-state index contributed by atoms with van der Waals surface area (Å²) < 4.78 is 98.0. The van der Waals surface area contributed by atoms with Gasteiger partial charge in [0.05, 0.1) is 16.8 Å². The Hall–Kier alpha value is -3.81. The van der Waals surface area contributed by atoms with Gasteiger partial charge >= 0.3 is 6.18 Å². The van der Waals surface area contributed by atoms with Crippen LogP contribution in [0.5, 0.6) is 17.4 Å². The van der Waals surface area contributed by atoms with Crippen LogP contribution in [0.1, 0.15) is 21.6 Å². The van der Waals surface area contributed by atoms with E-state index in [1.807, 2.05) is 0 Å². The Labute approximate surface area is 196 Å². The molecular formula is C21H17F5N4O4S. The number of nitrogens with zero attached hydrogens (tertiary/aromatic N) is 2. The maximum atomic E-state index is 14.6. The van der Waals surface area contributed by atoms with Crippen molar-refractivity contribution in [2.24, 2.45) is 0 Å². The number of benzene rings is 2. The molecule has 35 heavy (non-hydrogen) atoms. The lowest BCUT2D eigenvalue weighted by molar-refractivity contribution is -0.142. The van der Waals surface area contributed by atoms with Gasteiger partial charge in [0.15, 0.2) is 23.0 Å². The lowest BCUT2D eigenvalue weighted by Gasteiger charge is -2.17. The normalized spacial score (nSPS) is 13.1. The summed E-state index contributed by atoms with van der Waals surface area (Å²) in [5, 5.41) is 8.69. The summed E-state index contributed by atoms with van der Waals surface area (Å²) >= 11 is 0. The molecule has 0 aliphatic heterocycles. The molecule has 0 saturated heterocycles. The molecule has 1 amide bonds. The zero-order chi connectivity index (χ0) is 26.1. The third-order valence-electron chi connectivity index (χ3n) is 4.65. The van der Waals surface area contributed by atoms with Crippen LogP contribution >= 0.6 is 0 Å². The Kier molecular flexibility index (Phi) is 6.96. The van der Waals surface area contributed by atoms with Crippen molar-refractivity contribution in [3.05, 3.63) is 64.9 Å². The number of rotatable bonds is 6. The van der Waals surface area contributed by atoms with Gasteiger partial charge in [-0.25, -0.2) is 13.4 Å². The van der Waals surface area contributed by atoms with Gasteiger partial charge in [0, 0.05) is 16.8 Å². The van der Waals surface area contributed by atoms with E-state index < -0.39 is 67.6 Å². The van der Waals surface area contributed by atoms with E-state index in [4.69, 9.17) is 9.52 Å². The van der Waals surface area contributed by atoms with Crippen molar-refractivity contribution in [2.45, 2.75) is 18.0 Å². The molecule has 14 heteroatoms. The van der Waals surface area contributed by atoms with Crippen LogP contribution in [-0.4, -0.2) is 33.7 Å². The van der Waals surface area contributed by atoms with E-state index in [0.29, 0.717) is 0 Å². The standard InChI is InChI=1S/C21H17F5N4O4S/c1-10-15(19(31)28-11-5-4-6-12(9-11)35(3,27)32)20(30-29-18(10)21(24,25)26)34-14-8-7-13(22)17(33-2)16(14)23/h4-9,27H,1-3H3,(H,28,31). The second-order valence-electron chi connectivity index (χ2n) is 7.17. The summed E-state index contributed by atoms with van der Waals surface area (Å²) in [6, 6.07) is 6.96. The smallest absolute Gasteiger partial charge is 0.435 e. The zero-order valence-corrected chi connectivity index (χ0v) is 19.1. The van der Waals surface area contributed by atoms with Crippen molar-refractivity contribution in [1.82, 2.24) is 10.2 Å². The monoisotopic (exact) mass is 516 g/mol. The summed E-state index contributed by atoms with van der Waals surface area (Å²) in [7, 11) is -2.16. The molecule has 1 aromatic heterocycles. The number of alkyl halides is 3. The predicted octanol–water partition coefficient (Wildman–Crippen LogP) is 5.17. The van der Waals surface area contributed by atoms with Gasteiger partial charge in [0.2, 0.25) is 5.82 Å². The third-order valence-corrected chi connectivity index (χ3v) is 5.80. The van der Waals surface area contributed by atoms with Crippen molar-refractivity contribution >= 4 is 21.3 Å². The summed E-state index contributed by atoms with van der Waals surface area (Å²) in [6.45, 7) is 0.944. The van der Waals surface area contributed by atoms with Crippen molar-refractivity contribution in [1.29, 1.82) is 4.78 Å². The van der Waals surface area contributed by atoms with E-state index in [1.54, 1.807) is 0 Å². The second kappa shape index (κ2) is 9.44. The van der Waals surface area contributed by atoms with Crippen molar-refractivity contribution in [3.8, 4) is 17.4 Å². The first-order chi connectivity index (χ1) is 16.2. The van der Waals surface area contributed by atoms with Crippen LogP contribution in [-0.2, 0) is 15.9 Å². The fraction of sp³-hybridized carbons (Fsp3) is 0.190. The van der Waals surface area contributed by atoms with E-state index in [-0.39, 0.29) is 10.6 Å². The van der Waals surface area contributed by atoms with Crippen molar-refractivity contribution in [3.63, 3.8) is 0 Å². The minimum absolute atomic E-state index is 0.0136. The molecule has 0 saturated carbocycles. The molecule has 0 fully saturated rings. The Bertz CT molecular complexity index is 1410. The first-order valence-electron chi connectivity index (χ1n) is 9.53. The molecule has 0 aliphatic carbocycles. The summed E-state index contributed by atoms with van der Waals surface area (Å²) in [5.41, 5.74) is -2.88. The first-order valence-corrected chi connectivity index (χ1v) is 11.5. The second-order valence-corrected chi connectivity index (χ2v) is 9.33. The number of anilines is 1. The number of aromatic nitrogens is 2. The third kappa shape index (κ3) is 5.48. The molecule has 0 radical (unpaired) electrons. The van der Waals surface area contributed by atoms with Gasteiger partial charge in [-0.1, -0.05) is 6.07 Å². The Morgan fingerprint density at radius 1 is 1.14 bits per heavy atom. The number of methoxy groups -OCH3 is 1. The molecule has 3 aromatic rings. The Balaban J connectivity index is 2.11. The number of ether oxygens (including phenoxy) is 2. The SMILES string of the molecule is COc1c(F)ccc(Oc2nnc(C(F)(F)F)c(C)c2C(=O)Nc2cccc(S(C)(=N)=O)c2)c1F. The molecule has 2 N–H and O–H groups in total. The molecule has 1 atom stereocenters. The number of carbonyl (C=O) groups excluding carboxylic acids is 1. The summed E-state index contributed by atoms with van der Waals surface area (Å²) in [4.78, 5) is 13.1. The van der Waals surface area contributed by atoms with Gasteiger partial charge in [0.25, 0.3) is 11.8 Å². The number of amides is 1. The molecule has 3 rings (SSSR count).